The first-order valence-corrected chi connectivity index (χ1v) is 12.0. The molecule has 3 unspecified atom stereocenters. The van der Waals surface area contributed by atoms with E-state index in [2.05, 4.69) is 25.7 Å². The molecule has 8 nitrogen and oxygen atoms in total. The van der Waals surface area contributed by atoms with Gasteiger partial charge < -0.3 is 25.4 Å². The molecule has 7 rings (SSSR count). The molecule has 172 valence electrons. The van der Waals surface area contributed by atoms with Crippen LogP contribution in [0.5, 0.6) is 0 Å². The third kappa shape index (κ3) is 1.95. The van der Waals surface area contributed by atoms with Gasteiger partial charge in [0, 0.05) is 29.1 Å². The molecule has 1 aromatic heterocycles. The molecule has 8 atom stereocenters. The lowest BCUT2D eigenvalue weighted by atomic mass is 9.36. The van der Waals surface area contributed by atoms with Crippen LogP contribution in [0.3, 0.4) is 0 Å². The summed E-state index contributed by atoms with van der Waals surface area (Å²) >= 11 is 1.40. The van der Waals surface area contributed by atoms with Crippen molar-refractivity contribution in [1.29, 1.82) is 0 Å². The summed E-state index contributed by atoms with van der Waals surface area (Å²) in [6.07, 6.45) is -0.781. The quantitative estimate of drug-likeness (QED) is 0.463. The van der Waals surface area contributed by atoms with Crippen molar-refractivity contribution in [3.8, 4) is 0 Å². The van der Waals surface area contributed by atoms with Crippen LogP contribution < -0.4 is 5.32 Å². The second-order valence-electron chi connectivity index (χ2n) is 11.0. The molecule has 6 aliphatic rings. The number of aliphatic hydroxyl groups excluding tert-OH is 2. The number of nitrogens with one attached hydrogen (secondary N) is 1. The fraction of sp³-hybridized carbons (Fsp3) is 0.696. The monoisotopic (exact) mass is 460 g/mol. The zero-order chi connectivity index (χ0) is 23.0. The Hall–Kier alpha value is -1.65. The summed E-state index contributed by atoms with van der Waals surface area (Å²) in [6, 6.07) is 0. The van der Waals surface area contributed by atoms with Crippen molar-refractivity contribution in [3.63, 3.8) is 0 Å². The van der Waals surface area contributed by atoms with Gasteiger partial charge in [0.25, 0.3) is 0 Å². The molecule has 2 aliphatic heterocycles. The summed E-state index contributed by atoms with van der Waals surface area (Å²) in [7, 11) is 0. The van der Waals surface area contributed by atoms with Crippen LogP contribution in [-0.2, 0) is 26.2 Å². The summed E-state index contributed by atoms with van der Waals surface area (Å²) < 4.78 is 6.02. The first kappa shape index (κ1) is 20.9. The van der Waals surface area contributed by atoms with Crippen molar-refractivity contribution in [1.82, 2.24) is 4.98 Å². The molecular formula is C23H28N2O6S. The highest BCUT2D eigenvalue weighted by Crippen LogP contribution is 2.75. The van der Waals surface area contributed by atoms with Gasteiger partial charge in [-0.1, -0.05) is 20.4 Å². The fourth-order valence-electron chi connectivity index (χ4n) is 8.30. The number of amides is 1. The minimum atomic E-state index is -2.19. The molecule has 0 aromatic carbocycles. The topological polar surface area (TPSA) is 129 Å². The van der Waals surface area contributed by atoms with E-state index in [-0.39, 0.29) is 12.5 Å². The lowest BCUT2D eigenvalue weighted by Crippen LogP contribution is -2.85. The molecule has 3 heterocycles. The van der Waals surface area contributed by atoms with Crippen molar-refractivity contribution >= 4 is 28.2 Å². The summed E-state index contributed by atoms with van der Waals surface area (Å²) in [5, 5.41) is 38.2. The molecule has 0 radical (unpaired) electrons. The van der Waals surface area contributed by atoms with E-state index in [0.29, 0.717) is 30.0 Å². The Morgan fingerprint density at radius 3 is 2.69 bits per heavy atom. The van der Waals surface area contributed by atoms with Gasteiger partial charge in [-0.2, -0.15) is 0 Å². The van der Waals surface area contributed by atoms with E-state index in [1.165, 1.54) is 18.3 Å². The molecule has 1 aromatic rings. The van der Waals surface area contributed by atoms with E-state index in [4.69, 9.17) is 9.72 Å². The van der Waals surface area contributed by atoms with Gasteiger partial charge in [0.1, 0.15) is 11.5 Å². The third-order valence-corrected chi connectivity index (χ3v) is 10.1. The molecule has 1 amide bonds. The van der Waals surface area contributed by atoms with Crippen LogP contribution in [0, 0.1) is 28.6 Å². The van der Waals surface area contributed by atoms with E-state index in [1.807, 2.05) is 0 Å². The van der Waals surface area contributed by atoms with Crippen molar-refractivity contribution < 1.29 is 29.6 Å². The highest BCUT2D eigenvalue weighted by Gasteiger charge is 2.86. The first-order chi connectivity index (χ1) is 14.9. The number of Topliss-reactive ketones (excluding diaryl/α,β-unsaturated/α-hetero) is 1. The Kier molecular flexibility index (Phi) is 3.84. The molecule has 5 fully saturated rings. The zero-order valence-corrected chi connectivity index (χ0v) is 19.2. The summed E-state index contributed by atoms with van der Waals surface area (Å²) in [6.45, 7) is 9.57. The van der Waals surface area contributed by atoms with E-state index in [0.717, 1.165) is 10.6 Å². The number of rotatable bonds is 1. The number of ether oxygens (including phenoxy) is 1. The second-order valence-corrected chi connectivity index (χ2v) is 12.1. The maximum absolute atomic E-state index is 13.7. The predicted octanol–water partition coefficient (Wildman–Crippen LogP) is 1.14. The van der Waals surface area contributed by atoms with Crippen LogP contribution in [0.1, 0.15) is 44.2 Å². The Morgan fingerprint density at radius 1 is 1.28 bits per heavy atom. The van der Waals surface area contributed by atoms with Crippen molar-refractivity contribution in [2.24, 2.45) is 28.6 Å². The number of hydrogen-bond acceptors (Lipinski definition) is 8. The predicted molar refractivity (Wildman–Crippen MR) is 115 cm³/mol. The lowest BCUT2D eigenvalue weighted by Gasteiger charge is -2.73. The number of carbonyl (C=O) groups is 2. The van der Waals surface area contributed by atoms with Crippen molar-refractivity contribution in [2.45, 2.75) is 63.4 Å². The fourth-order valence-corrected chi connectivity index (χ4v) is 9.64. The van der Waals surface area contributed by atoms with Gasteiger partial charge in [0.2, 0.25) is 11.7 Å². The Labute approximate surface area is 189 Å². The van der Waals surface area contributed by atoms with E-state index < -0.39 is 57.8 Å². The normalized spacial score (nSPS) is 47.6. The number of ketones is 1. The smallest absolute Gasteiger partial charge is 0.223 e. The Bertz CT molecular complexity index is 1100. The molecule has 9 heteroatoms. The summed E-state index contributed by atoms with van der Waals surface area (Å²) in [5.74, 6) is -4.17. The van der Waals surface area contributed by atoms with Crippen LogP contribution in [0.4, 0.5) is 5.13 Å². The van der Waals surface area contributed by atoms with Crippen molar-refractivity contribution in [2.75, 3.05) is 11.9 Å². The van der Waals surface area contributed by atoms with Crippen molar-refractivity contribution in [3.05, 3.63) is 22.7 Å². The Morgan fingerprint density at radius 2 is 2.00 bits per heavy atom. The van der Waals surface area contributed by atoms with Gasteiger partial charge in [0.15, 0.2) is 10.9 Å². The second kappa shape index (κ2) is 5.88. The molecule has 2 spiro atoms. The lowest BCUT2D eigenvalue weighted by molar-refractivity contribution is -0.429. The number of aromatic nitrogens is 1. The number of anilines is 1. The summed E-state index contributed by atoms with van der Waals surface area (Å²) in [5.41, 5.74) is -1.97. The van der Waals surface area contributed by atoms with Crippen LogP contribution in [0.2, 0.25) is 0 Å². The number of thiazole rings is 1. The number of aliphatic hydroxyl groups is 3. The molecule has 4 aliphatic carbocycles. The minimum absolute atomic E-state index is 0.0917. The standard InChI is InChI=1S/C23H28N2O6S/c1-9-11-5-6-13-21-8-31-23(30,22(13,16(9)27)17(11)28)18(29)14(21)20(3,4)7-12-15(21)25-19(32-12)24-10(2)26/h11,13-14,17-18,28-30H,1,5-8H2,2-4H3,(H,24,25,26)/t11?,13?,14?,17-,18+,21+,22+,23-/m1/s1. The van der Waals surface area contributed by atoms with Crippen LogP contribution in [-0.4, -0.2) is 56.6 Å². The number of hydrogen-bond donors (Lipinski definition) is 4. The average Bonchev–Trinajstić information content (AvgIpc) is 3.12. The first-order valence-electron chi connectivity index (χ1n) is 11.2. The Balaban J connectivity index is 1.65. The molecule has 4 N–H and O–H groups in total. The minimum Gasteiger partial charge on any atom is -0.391 e. The van der Waals surface area contributed by atoms with Crippen LogP contribution >= 0.6 is 11.3 Å². The zero-order valence-electron chi connectivity index (χ0n) is 18.3. The summed E-state index contributed by atoms with van der Waals surface area (Å²) in [4.78, 5) is 31.2. The SMILES string of the molecule is C=C1C(=O)[C@@]23C(CCC1[C@H]2O)[C@@]12CO[C@]3(O)[C@@H](O)C1C(C)(C)Cc1sc(NC(C)=O)nc12. The van der Waals surface area contributed by atoms with Gasteiger partial charge in [-0.05, 0) is 36.2 Å². The number of carbonyl (C=O) groups excluding carboxylic acids is 2. The van der Waals surface area contributed by atoms with Gasteiger partial charge >= 0.3 is 0 Å². The number of nitrogens with zero attached hydrogens (tertiary/aromatic N) is 1. The third-order valence-electron chi connectivity index (χ3n) is 9.18. The van der Waals surface area contributed by atoms with E-state index in [9.17, 15) is 24.9 Å². The van der Waals surface area contributed by atoms with Gasteiger partial charge in [-0.15, -0.1) is 11.3 Å². The van der Waals surface area contributed by atoms with E-state index >= 15 is 0 Å². The number of fused-ring (bicyclic) bond motifs is 3. The molecule has 3 saturated carbocycles. The van der Waals surface area contributed by atoms with E-state index in [1.54, 1.807) is 0 Å². The van der Waals surface area contributed by atoms with Crippen LogP contribution in [0.25, 0.3) is 0 Å². The van der Waals surface area contributed by atoms with Gasteiger partial charge in [-0.25, -0.2) is 4.98 Å². The molecule has 4 bridgehead atoms. The molecule has 32 heavy (non-hydrogen) atoms. The largest absolute Gasteiger partial charge is 0.391 e. The molecule has 2 saturated heterocycles. The average molecular weight is 461 g/mol. The highest BCUT2D eigenvalue weighted by atomic mass is 32.1. The maximum Gasteiger partial charge on any atom is 0.223 e. The van der Waals surface area contributed by atoms with Gasteiger partial charge in [-0.3, -0.25) is 9.59 Å². The highest BCUT2D eigenvalue weighted by molar-refractivity contribution is 7.15. The molecular weight excluding hydrogens is 432 g/mol. The van der Waals surface area contributed by atoms with Crippen LogP contribution in [0.15, 0.2) is 12.2 Å². The maximum atomic E-state index is 13.7. The van der Waals surface area contributed by atoms with Gasteiger partial charge in [0.05, 0.1) is 18.4 Å².